The van der Waals surface area contributed by atoms with Crippen molar-refractivity contribution in [3.05, 3.63) is 59.7 Å². The largest absolute Gasteiger partial charge is 0.481 e. The number of carboxylic acids is 1. The van der Waals surface area contributed by atoms with Crippen molar-refractivity contribution in [2.45, 2.75) is 56.5 Å². The van der Waals surface area contributed by atoms with Crippen molar-refractivity contribution >= 4 is 18.0 Å². The first-order chi connectivity index (χ1) is 15.4. The molecule has 0 heterocycles. The first kappa shape index (κ1) is 21.9. The number of ether oxygens (including phenoxy) is 1. The number of rotatable bonds is 9. The van der Waals surface area contributed by atoms with Gasteiger partial charge in [-0.15, -0.1) is 0 Å². The van der Waals surface area contributed by atoms with Gasteiger partial charge in [-0.2, -0.15) is 0 Å². The van der Waals surface area contributed by atoms with Crippen LogP contribution in [-0.2, 0) is 14.3 Å². The highest BCUT2D eigenvalue weighted by Gasteiger charge is 2.46. The number of carbonyl (C=O) groups excluding carboxylic acids is 2. The molecule has 2 aromatic carbocycles. The second-order valence-corrected chi connectivity index (χ2v) is 8.68. The monoisotopic (exact) mass is 436 g/mol. The summed E-state index contributed by atoms with van der Waals surface area (Å²) in [7, 11) is 0. The second-order valence-electron chi connectivity index (χ2n) is 8.68. The Morgan fingerprint density at radius 1 is 1.06 bits per heavy atom. The smallest absolute Gasteiger partial charge is 0.407 e. The van der Waals surface area contributed by atoms with Crippen LogP contribution >= 0.6 is 0 Å². The summed E-state index contributed by atoms with van der Waals surface area (Å²) in [6.07, 6.45) is 1.39. The van der Waals surface area contributed by atoms with Crippen molar-refractivity contribution in [1.82, 2.24) is 10.6 Å². The fourth-order valence-corrected chi connectivity index (χ4v) is 4.44. The summed E-state index contributed by atoms with van der Waals surface area (Å²) in [5.41, 5.74) is 4.02. The number of hydrogen-bond donors (Lipinski definition) is 3. The van der Waals surface area contributed by atoms with Crippen LogP contribution in [0.15, 0.2) is 48.5 Å². The Morgan fingerprint density at radius 2 is 1.66 bits per heavy atom. The van der Waals surface area contributed by atoms with Gasteiger partial charge in [0.15, 0.2) is 0 Å². The molecule has 1 fully saturated rings. The van der Waals surface area contributed by atoms with Gasteiger partial charge in [0.2, 0.25) is 5.91 Å². The Kier molecular flexibility index (Phi) is 6.17. The molecule has 2 amide bonds. The van der Waals surface area contributed by atoms with Crippen LogP contribution < -0.4 is 10.6 Å². The maximum Gasteiger partial charge on any atom is 0.407 e. The van der Waals surface area contributed by atoms with Gasteiger partial charge in [0, 0.05) is 18.4 Å². The number of aliphatic carboxylic acids is 1. The van der Waals surface area contributed by atoms with E-state index >= 15 is 0 Å². The lowest BCUT2D eigenvalue weighted by molar-refractivity contribution is -0.137. The molecule has 32 heavy (non-hydrogen) atoms. The van der Waals surface area contributed by atoms with E-state index in [0.717, 1.165) is 11.1 Å². The highest BCUT2D eigenvalue weighted by atomic mass is 16.5. The van der Waals surface area contributed by atoms with Gasteiger partial charge in [0.05, 0.1) is 12.0 Å². The lowest BCUT2D eigenvalue weighted by Crippen LogP contribution is -2.44. The number of nitrogens with one attached hydrogen (secondary N) is 2. The molecular weight excluding hydrogens is 408 g/mol. The van der Waals surface area contributed by atoms with E-state index in [0.29, 0.717) is 19.3 Å². The number of fused-ring (bicyclic) bond motifs is 3. The predicted molar refractivity (Wildman–Crippen MR) is 119 cm³/mol. The summed E-state index contributed by atoms with van der Waals surface area (Å²) in [5, 5.41) is 14.6. The number of benzene rings is 2. The molecule has 0 bridgehead atoms. The van der Waals surface area contributed by atoms with E-state index in [9.17, 15) is 14.4 Å². The molecule has 2 aromatic rings. The predicted octanol–water partition coefficient (Wildman–Crippen LogP) is 3.82. The third-order valence-corrected chi connectivity index (χ3v) is 6.34. The second kappa shape index (κ2) is 9.02. The number of hydrogen-bond acceptors (Lipinski definition) is 4. The van der Waals surface area contributed by atoms with Crippen LogP contribution in [0.5, 0.6) is 0 Å². The molecule has 0 saturated heterocycles. The van der Waals surface area contributed by atoms with Gasteiger partial charge in [-0.3, -0.25) is 9.59 Å². The van der Waals surface area contributed by atoms with E-state index in [1.807, 2.05) is 31.2 Å². The summed E-state index contributed by atoms with van der Waals surface area (Å²) < 4.78 is 5.59. The standard InChI is InChI=1S/C25H28N2O5/c1-2-16(13-23(29)30)26-22(28)14-25(11-12-25)27-24(31)32-15-21-19-9-5-3-7-17(19)18-8-4-6-10-20(18)21/h3-10,16,21H,2,11-15H2,1H3,(H,26,28)(H,27,31)(H,29,30). The Labute approximate surface area is 187 Å². The van der Waals surface area contributed by atoms with Gasteiger partial charge in [0.25, 0.3) is 0 Å². The normalized spacial score (nSPS) is 16.4. The minimum Gasteiger partial charge on any atom is -0.481 e. The van der Waals surface area contributed by atoms with Gasteiger partial charge >= 0.3 is 12.1 Å². The van der Waals surface area contributed by atoms with E-state index in [2.05, 4.69) is 34.9 Å². The highest BCUT2D eigenvalue weighted by Crippen LogP contribution is 2.44. The van der Waals surface area contributed by atoms with Crippen molar-refractivity contribution in [2.24, 2.45) is 0 Å². The maximum absolute atomic E-state index is 12.5. The van der Waals surface area contributed by atoms with Gasteiger partial charge in [-0.05, 0) is 41.5 Å². The molecular formula is C25H28N2O5. The van der Waals surface area contributed by atoms with Crippen LogP contribution in [0.25, 0.3) is 11.1 Å². The Balaban J connectivity index is 1.33. The molecule has 0 radical (unpaired) electrons. The Hall–Kier alpha value is -3.35. The average Bonchev–Trinajstić information content (AvgIpc) is 3.43. The van der Waals surface area contributed by atoms with E-state index in [4.69, 9.17) is 9.84 Å². The van der Waals surface area contributed by atoms with Gasteiger partial charge < -0.3 is 20.5 Å². The molecule has 1 unspecified atom stereocenters. The van der Waals surface area contributed by atoms with Crippen LogP contribution in [0.4, 0.5) is 4.79 Å². The lowest BCUT2D eigenvalue weighted by atomic mass is 9.98. The Morgan fingerprint density at radius 3 is 2.19 bits per heavy atom. The molecule has 7 heteroatoms. The molecule has 0 spiro atoms. The third-order valence-electron chi connectivity index (χ3n) is 6.34. The van der Waals surface area contributed by atoms with Crippen LogP contribution in [0, 0.1) is 0 Å². The molecule has 168 valence electrons. The molecule has 3 N–H and O–H groups in total. The van der Waals surface area contributed by atoms with Crippen LogP contribution in [0.2, 0.25) is 0 Å². The summed E-state index contributed by atoms with van der Waals surface area (Å²) in [4.78, 5) is 35.8. The minimum atomic E-state index is -0.949. The summed E-state index contributed by atoms with van der Waals surface area (Å²) in [6.45, 7) is 2.05. The van der Waals surface area contributed by atoms with E-state index in [1.54, 1.807) is 0 Å². The number of carbonyl (C=O) groups is 3. The quantitative estimate of drug-likeness (QED) is 0.554. The fourth-order valence-electron chi connectivity index (χ4n) is 4.44. The fraction of sp³-hybridized carbons (Fsp3) is 0.400. The zero-order chi connectivity index (χ0) is 22.7. The van der Waals surface area contributed by atoms with Crippen molar-refractivity contribution < 1.29 is 24.2 Å². The molecule has 7 nitrogen and oxygen atoms in total. The van der Waals surface area contributed by atoms with Crippen LogP contribution in [0.3, 0.4) is 0 Å². The molecule has 2 aliphatic rings. The summed E-state index contributed by atoms with van der Waals surface area (Å²) >= 11 is 0. The molecule has 1 atom stereocenters. The molecule has 0 aromatic heterocycles. The zero-order valence-electron chi connectivity index (χ0n) is 18.1. The van der Waals surface area contributed by atoms with Crippen molar-refractivity contribution in [3.63, 3.8) is 0 Å². The van der Waals surface area contributed by atoms with E-state index in [-0.39, 0.29) is 31.3 Å². The van der Waals surface area contributed by atoms with Crippen molar-refractivity contribution in [1.29, 1.82) is 0 Å². The number of carboxylic acid groups (broad SMARTS) is 1. The third kappa shape index (κ3) is 4.77. The Bertz CT molecular complexity index is 985. The van der Waals surface area contributed by atoms with Crippen LogP contribution in [0.1, 0.15) is 56.1 Å². The van der Waals surface area contributed by atoms with E-state index in [1.165, 1.54) is 11.1 Å². The minimum absolute atomic E-state index is 0.0204. The number of alkyl carbamates (subject to hydrolysis) is 1. The van der Waals surface area contributed by atoms with Gasteiger partial charge in [-0.25, -0.2) is 4.79 Å². The van der Waals surface area contributed by atoms with Gasteiger partial charge in [0.1, 0.15) is 6.61 Å². The number of amides is 2. The topological polar surface area (TPSA) is 105 Å². The lowest BCUT2D eigenvalue weighted by Gasteiger charge is -2.21. The molecule has 0 aliphatic heterocycles. The summed E-state index contributed by atoms with van der Waals surface area (Å²) in [5.74, 6) is -1.22. The first-order valence-corrected chi connectivity index (χ1v) is 11.0. The first-order valence-electron chi connectivity index (χ1n) is 11.0. The summed E-state index contributed by atoms with van der Waals surface area (Å²) in [6, 6.07) is 15.9. The van der Waals surface area contributed by atoms with Crippen molar-refractivity contribution in [2.75, 3.05) is 6.61 Å². The van der Waals surface area contributed by atoms with Crippen LogP contribution in [-0.4, -0.2) is 41.3 Å². The van der Waals surface area contributed by atoms with Crippen molar-refractivity contribution in [3.8, 4) is 11.1 Å². The SMILES string of the molecule is CCC(CC(=O)O)NC(=O)CC1(NC(=O)OCC2c3ccccc3-c3ccccc32)CC1. The highest BCUT2D eigenvalue weighted by molar-refractivity contribution is 5.81. The van der Waals surface area contributed by atoms with E-state index < -0.39 is 23.6 Å². The maximum atomic E-state index is 12.5. The van der Waals surface area contributed by atoms with Gasteiger partial charge in [-0.1, -0.05) is 55.5 Å². The molecule has 1 saturated carbocycles. The molecule has 2 aliphatic carbocycles. The average molecular weight is 437 g/mol. The zero-order valence-corrected chi connectivity index (χ0v) is 18.1. The molecule has 4 rings (SSSR count).